The van der Waals surface area contributed by atoms with E-state index >= 15 is 0 Å². The molecular formula is C18H23N3O. The third-order valence-corrected chi connectivity index (χ3v) is 6.56. The number of aromatic nitrogens is 2. The van der Waals surface area contributed by atoms with Gasteiger partial charge in [-0.2, -0.15) is 0 Å². The SMILES string of the molecule is COc1ccc2[nH]c3c(c2n1)CCN1CC2CC3C1C2(C)C. The average Bonchev–Trinajstić information content (AvgIpc) is 3.06. The molecule has 116 valence electrons. The minimum absolute atomic E-state index is 0.439. The number of ether oxygens (including phenoxy) is 1. The number of rotatable bonds is 1. The first kappa shape index (κ1) is 12.9. The van der Waals surface area contributed by atoms with Gasteiger partial charge >= 0.3 is 0 Å². The Balaban J connectivity index is 1.70. The molecule has 0 radical (unpaired) electrons. The molecule has 2 aliphatic heterocycles. The molecule has 0 amide bonds. The number of aromatic amines is 1. The summed E-state index contributed by atoms with van der Waals surface area (Å²) in [6.07, 6.45) is 2.43. The van der Waals surface area contributed by atoms with Crippen molar-refractivity contribution in [1.29, 1.82) is 0 Å². The predicted octanol–water partition coefficient (Wildman–Crippen LogP) is 2.94. The van der Waals surface area contributed by atoms with Gasteiger partial charge in [0.05, 0.1) is 18.1 Å². The molecular weight excluding hydrogens is 274 g/mol. The van der Waals surface area contributed by atoms with E-state index in [1.54, 1.807) is 7.11 Å². The standard InChI is InChI=1S/C18H23N3O/c1-18(2)10-8-12-15-11(6-7-21(9-10)17(12)18)16-13(19-15)4-5-14(20-16)22-3/h4-5,10,12,17,19H,6-9H2,1-3H3. The first-order valence-electron chi connectivity index (χ1n) is 8.39. The summed E-state index contributed by atoms with van der Waals surface area (Å²) in [6, 6.07) is 4.76. The fraction of sp³-hybridized carbons (Fsp3) is 0.611. The lowest BCUT2D eigenvalue weighted by Crippen LogP contribution is -2.39. The van der Waals surface area contributed by atoms with Gasteiger partial charge in [-0.1, -0.05) is 13.8 Å². The van der Waals surface area contributed by atoms with Crippen molar-refractivity contribution in [2.45, 2.75) is 38.6 Å². The molecule has 2 bridgehead atoms. The summed E-state index contributed by atoms with van der Waals surface area (Å²) < 4.78 is 5.33. The van der Waals surface area contributed by atoms with Gasteiger partial charge in [-0.05, 0) is 30.2 Å². The van der Waals surface area contributed by atoms with Crippen LogP contribution in [0.1, 0.15) is 37.4 Å². The largest absolute Gasteiger partial charge is 0.481 e. The van der Waals surface area contributed by atoms with E-state index in [1.807, 2.05) is 6.07 Å². The van der Waals surface area contributed by atoms with Gasteiger partial charge in [0.1, 0.15) is 0 Å². The lowest BCUT2D eigenvalue weighted by atomic mass is 9.82. The maximum absolute atomic E-state index is 5.33. The van der Waals surface area contributed by atoms with E-state index in [0.29, 0.717) is 23.3 Å². The molecule has 3 unspecified atom stereocenters. The van der Waals surface area contributed by atoms with Gasteiger partial charge in [0, 0.05) is 42.4 Å². The second-order valence-corrected chi connectivity index (χ2v) is 7.82. The number of nitrogens with zero attached hydrogens (tertiary/aromatic N) is 2. The van der Waals surface area contributed by atoms with E-state index < -0.39 is 0 Å². The Morgan fingerprint density at radius 3 is 3.00 bits per heavy atom. The normalized spacial score (nSPS) is 32.2. The van der Waals surface area contributed by atoms with Gasteiger partial charge in [0.2, 0.25) is 5.88 Å². The Morgan fingerprint density at radius 2 is 2.23 bits per heavy atom. The zero-order chi connectivity index (χ0) is 15.1. The molecule has 4 heterocycles. The van der Waals surface area contributed by atoms with Crippen molar-refractivity contribution < 1.29 is 4.74 Å². The molecule has 3 aliphatic rings. The topological polar surface area (TPSA) is 41.1 Å². The quantitative estimate of drug-likeness (QED) is 0.880. The lowest BCUT2D eigenvalue weighted by molar-refractivity contribution is 0.175. The van der Waals surface area contributed by atoms with Crippen LogP contribution in [0, 0.1) is 11.3 Å². The molecule has 1 aliphatic carbocycles. The molecule has 4 nitrogen and oxygen atoms in total. The minimum Gasteiger partial charge on any atom is -0.481 e. The van der Waals surface area contributed by atoms with Crippen LogP contribution in [0.4, 0.5) is 0 Å². The zero-order valence-electron chi connectivity index (χ0n) is 13.5. The van der Waals surface area contributed by atoms with E-state index in [2.05, 4.69) is 29.8 Å². The van der Waals surface area contributed by atoms with E-state index in [0.717, 1.165) is 17.9 Å². The third-order valence-electron chi connectivity index (χ3n) is 6.56. The van der Waals surface area contributed by atoms with E-state index in [1.165, 1.54) is 36.3 Å². The highest BCUT2D eigenvalue weighted by Crippen LogP contribution is 2.59. The lowest BCUT2D eigenvalue weighted by Gasteiger charge is -2.33. The summed E-state index contributed by atoms with van der Waals surface area (Å²) in [5.74, 6) is 2.19. The highest BCUT2D eigenvalue weighted by molar-refractivity contribution is 5.81. The van der Waals surface area contributed by atoms with Crippen LogP contribution >= 0.6 is 0 Å². The second kappa shape index (κ2) is 4.05. The first-order valence-corrected chi connectivity index (χ1v) is 8.39. The summed E-state index contributed by atoms with van der Waals surface area (Å²) in [5, 5.41) is 0. The van der Waals surface area contributed by atoms with Crippen molar-refractivity contribution in [3.8, 4) is 5.88 Å². The van der Waals surface area contributed by atoms with E-state index in [4.69, 9.17) is 9.72 Å². The molecule has 0 spiro atoms. The summed E-state index contributed by atoms with van der Waals surface area (Å²) >= 11 is 0. The van der Waals surface area contributed by atoms with Crippen LogP contribution in [0.2, 0.25) is 0 Å². The Hall–Kier alpha value is -1.55. The molecule has 5 rings (SSSR count). The molecule has 1 saturated carbocycles. The number of H-pyrrole nitrogens is 1. The first-order chi connectivity index (χ1) is 10.6. The molecule has 2 aromatic rings. The summed E-state index contributed by atoms with van der Waals surface area (Å²) in [5.41, 5.74) is 5.62. The van der Waals surface area contributed by atoms with Crippen molar-refractivity contribution in [2.24, 2.45) is 11.3 Å². The monoisotopic (exact) mass is 297 g/mol. The Labute approximate surface area is 130 Å². The van der Waals surface area contributed by atoms with Gasteiger partial charge < -0.3 is 9.72 Å². The van der Waals surface area contributed by atoms with Gasteiger partial charge in [-0.3, -0.25) is 4.90 Å². The maximum atomic E-state index is 5.33. The zero-order valence-corrected chi connectivity index (χ0v) is 13.5. The molecule has 1 N–H and O–H groups in total. The molecule has 2 fully saturated rings. The summed E-state index contributed by atoms with van der Waals surface area (Å²) in [6.45, 7) is 7.39. The van der Waals surface area contributed by atoms with Gasteiger partial charge in [0.15, 0.2) is 0 Å². The van der Waals surface area contributed by atoms with Crippen LogP contribution in [0.15, 0.2) is 12.1 Å². The highest BCUT2D eigenvalue weighted by Gasteiger charge is 2.58. The third kappa shape index (κ3) is 1.44. The van der Waals surface area contributed by atoms with Crippen LogP contribution < -0.4 is 4.74 Å². The van der Waals surface area contributed by atoms with Crippen molar-refractivity contribution >= 4 is 11.0 Å². The van der Waals surface area contributed by atoms with E-state index in [9.17, 15) is 0 Å². The van der Waals surface area contributed by atoms with Gasteiger partial charge in [-0.25, -0.2) is 4.98 Å². The number of fused-ring (bicyclic) bond motifs is 5. The fourth-order valence-electron chi connectivity index (χ4n) is 5.50. The molecule has 2 aromatic heterocycles. The fourth-order valence-corrected chi connectivity index (χ4v) is 5.50. The predicted molar refractivity (Wildman–Crippen MR) is 86.3 cm³/mol. The molecule has 0 aromatic carbocycles. The van der Waals surface area contributed by atoms with E-state index in [-0.39, 0.29) is 0 Å². The van der Waals surface area contributed by atoms with Crippen LogP contribution in [0.3, 0.4) is 0 Å². The minimum atomic E-state index is 0.439. The average molecular weight is 297 g/mol. The Morgan fingerprint density at radius 1 is 1.36 bits per heavy atom. The molecule has 4 heteroatoms. The van der Waals surface area contributed by atoms with Crippen molar-refractivity contribution in [3.05, 3.63) is 23.4 Å². The molecule has 1 saturated heterocycles. The smallest absolute Gasteiger partial charge is 0.213 e. The number of piperidine rings is 1. The second-order valence-electron chi connectivity index (χ2n) is 7.82. The van der Waals surface area contributed by atoms with Gasteiger partial charge in [0.25, 0.3) is 0 Å². The molecule has 22 heavy (non-hydrogen) atoms. The molecule has 3 atom stereocenters. The maximum Gasteiger partial charge on any atom is 0.213 e. The highest BCUT2D eigenvalue weighted by atomic mass is 16.5. The summed E-state index contributed by atoms with van der Waals surface area (Å²) in [7, 11) is 1.69. The number of nitrogens with one attached hydrogen (secondary N) is 1. The number of hydrogen-bond donors (Lipinski definition) is 1. The Bertz CT molecular complexity index is 763. The number of methoxy groups -OCH3 is 1. The Kier molecular flexibility index (Phi) is 2.38. The summed E-state index contributed by atoms with van der Waals surface area (Å²) in [4.78, 5) is 11.2. The van der Waals surface area contributed by atoms with Gasteiger partial charge in [-0.15, -0.1) is 0 Å². The number of hydrogen-bond acceptors (Lipinski definition) is 3. The van der Waals surface area contributed by atoms with Crippen LogP contribution in [-0.2, 0) is 6.42 Å². The number of pyridine rings is 1. The van der Waals surface area contributed by atoms with Crippen LogP contribution in [0.5, 0.6) is 5.88 Å². The van der Waals surface area contributed by atoms with Crippen LogP contribution in [0.25, 0.3) is 11.0 Å². The van der Waals surface area contributed by atoms with Crippen molar-refractivity contribution in [1.82, 2.24) is 14.9 Å². The van der Waals surface area contributed by atoms with Crippen LogP contribution in [-0.4, -0.2) is 41.1 Å². The van der Waals surface area contributed by atoms with Crippen molar-refractivity contribution in [3.63, 3.8) is 0 Å². The van der Waals surface area contributed by atoms with Crippen molar-refractivity contribution in [2.75, 3.05) is 20.2 Å².